The summed E-state index contributed by atoms with van der Waals surface area (Å²) in [6, 6.07) is 5.84. The van der Waals surface area contributed by atoms with Crippen molar-refractivity contribution in [1.29, 1.82) is 0 Å². The minimum atomic E-state index is -0.918. The van der Waals surface area contributed by atoms with Gasteiger partial charge in [-0.15, -0.1) is 0 Å². The lowest BCUT2D eigenvalue weighted by Crippen LogP contribution is -2.28. The van der Waals surface area contributed by atoms with Crippen molar-refractivity contribution in [2.45, 2.75) is 33.3 Å². The van der Waals surface area contributed by atoms with E-state index in [0.717, 1.165) is 22.5 Å². The first kappa shape index (κ1) is 23.9. The van der Waals surface area contributed by atoms with Gasteiger partial charge in [0.1, 0.15) is 11.4 Å². The molecule has 0 fully saturated rings. The molecule has 0 unspecified atom stereocenters. The highest BCUT2D eigenvalue weighted by Crippen LogP contribution is 2.32. The van der Waals surface area contributed by atoms with E-state index in [0.29, 0.717) is 22.6 Å². The van der Waals surface area contributed by atoms with Gasteiger partial charge in [-0.1, -0.05) is 6.07 Å². The Kier molecular flexibility index (Phi) is 5.79. The lowest BCUT2D eigenvalue weighted by atomic mass is 10.1. The molecule has 0 bridgehead atoms. The summed E-state index contributed by atoms with van der Waals surface area (Å²) < 4.78 is 32.1. The van der Waals surface area contributed by atoms with E-state index in [-0.39, 0.29) is 27.9 Å². The normalized spacial score (nSPS) is 11.6. The molecule has 0 saturated carbocycles. The Bertz CT molecular complexity index is 1520. The number of hydrogen-bond acceptors (Lipinski definition) is 8. The Balaban J connectivity index is 1.94. The molecule has 0 aliphatic rings. The SMILES string of the molecule is COC(=O)c1nc(F)cc2cc(-c3ccc(-c4c(C)on(C)c4=O)cn3)n(C(=O)OC(C)(C)C)c12. The number of hydrogen-bond donors (Lipinski definition) is 0. The Morgan fingerprint density at radius 1 is 1.17 bits per heavy atom. The molecule has 0 N–H and O–H groups in total. The van der Waals surface area contributed by atoms with Gasteiger partial charge in [-0.25, -0.2) is 19.1 Å². The smallest absolute Gasteiger partial charge is 0.419 e. The lowest BCUT2D eigenvalue weighted by molar-refractivity contribution is 0.0546. The number of aromatic nitrogens is 4. The molecule has 0 aliphatic heterocycles. The average molecular weight is 482 g/mol. The van der Waals surface area contributed by atoms with E-state index in [1.54, 1.807) is 39.8 Å². The number of rotatable bonds is 3. The summed E-state index contributed by atoms with van der Waals surface area (Å²) in [5, 5.41) is 0.226. The number of carbonyl (C=O) groups is 2. The van der Waals surface area contributed by atoms with E-state index in [1.165, 1.54) is 19.3 Å². The Morgan fingerprint density at radius 3 is 2.43 bits per heavy atom. The van der Waals surface area contributed by atoms with Gasteiger partial charge in [0.2, 0.25) is 5.95 Å². The van der Waals surface area contributed by atoms with E-state index < -0.39 is 23.6 Å². The molecule has 4 aromatic rings. The molecule has 0 spiro atoms. The average Bonchev–Trinajstić information content (AvgIpc) is 3.28. The van der Waals surface area contributed by atoms with Crippen LogP contribution in [-0.2, 0) is 16.5 Å². The first-order valence-corrected chi connectivity index (χ1v) is 10.6. The second-order valence-electron chi connectivity index (χ2n) is 8.83. The van der Waals surface area contributed by atoms with E-state index in [1.807, 2.05) is 0 Å². The largest absolute Gasteiger partial charge is 0.464 e. The van der Waals surface area contributed by atoms with Crippen LogP contribution in [-0.4, -0.2) is 44.0 Å². The zero-order chi connectivity index (χ0) is 25.7. The highest BCUT2D eigenvalue weighted by atomic mass is 19.1. The van der Waals surface area contributed by atoms with Crippen molar-refractivity contribution in [3.63, 3.8) is 0 Å². The van der Waals surface area contributed by atoms with Crippen molar-refractivity contribution in [1.82, 2.24) is 19.3 Å². The summed E-state index contributed by atoms with van der Waals surface area (Å²) in [6.45, 7) is 6.74. The van der Waals surface area contributed by atoms with Crippen LogP contribution in [0.15, 0.2) is 39.8 Å². The maximum atomic E-state index is 14.2. The number of pyridine rings is 2. The number of ether oxygens (including phenoxy) is 2. The second kappa shape index (κ2) is 8.49. The van der Waals surface area contributed by atoms with E-state index in [4.69, 9.17) is 14.0 Å². The molecule has 4 aromatic heterocycles. The van der Waals surface area contributed by atoms with Crippen molar-refractivity contribution in [3.05, 3.63) is 58.2 Å². The van der Waals surface area contributed by atoms with Crippen LogP contribution in [0.3, 0.4) is 0 Å². The number of methoxy groups -OCH3 is 1. The number of esters is 1. The van der Waals surface area contributed by atoms with Gasteiger partial charge in [-0.2, -0.15) is 9.13 Å². The summed E-state index contributed by atoms with van der Waals surface area (Å²) in [6.07, 6.45) is 0.651. The van der Waals surface area contributed by atoms with Crippen LogP contribution in [0.5, 0.6) is 0 Å². The summed E-state index contributed by atoms with van der Waals surface area (Å²) in [7, 11) is 2.64. The third-order valence-electron chi connectivity index (χ3n) is 5.14. The number of nitrogens with zero attached hydrogens (tertiary/aromatic N) is 4. The molecular formula is C24H23FN4O6. The molecular weight excluding hydrogens is 459 g/mol. The van der Waals surface area contributed by atoms with Crippen molar-refractivity contribution in [3.8, 4) is 22.5 Å². The monoisotopic (exact) mass is 482 g/mol. The maximum Gasteiger partial charge on any atom is 0.419 e. The highest BCUT2D eigenvalue weighted by Gasteiger charge is 2.28. The van der Waals surface area contributed by atoms with Gasteiger partial charge in [0.15, 0.2) is 5.69 Å². The molecule has 0 aromatic carbocycles. The Labute approximate surface area is 198 Å². The molecule has 0 atom stereocenters. The van der Waals surface area contributed by atoms with Crippen molar-refractivity contribution in [2.24, 2.45) is 7.05 Å². The quantitative estimate of drug-likeness (QED) is 0.317. The minimum Gasteiger partial charge on any atom is -0.464 e. The van der Waals surface area contributed by atoms with Crippen molar-refractivity contribution in [2.75, 3.05) is 7.11 Å². The molecule has 0 radical (unpaired) electrons. The molecule has 11 heteroatoms. The molecule has 0 amide bonds. The topological polar surface area (TPSA) is 118 Å². The second-order valence-corrected chi connectivity index (χ2v) is 8.83. The number of halogens is 1. The molecule has 0 saturated heterocycles. The summed E-state index contributed by atoms with van der Waals surface area (Å²) in [5.41, 5.74) is -0.118. The fourth-order valence-electron chi connectivity index (χ4n) is 3.75. The number of carbonyl (C=O) groups excluding carboxylic acids is 2. The van der Waals surface area contributed by atoms with E-state index in [2.05, 4.69) is 9.97 Å². The van der Waals surface area contributed by atoms with Gasteiger partial charge in [0.05, 0.1) is 29.6 Å². The molecule has 35 heavy (non-hydrogen) atoms. The van der Waals surface area contributed by atoms with Crippen molar-refractivity contribution >= 4 is 23.0 Å². The van der Waals surface area contributed by atoms with Gasteiger partial charge in [0, 0.05) is 30.3 Å². The van der Waals surface area contributed by atoms with Crippen LogP contribution < -0.4 is 5.56 Å². The predicted octanol–water partition coefficient (Wildman–Crippen LogP) is 4.07. The molecule has 182 valence electrons. The number of aryl methyl sites for hydroxylation is 2. The standard InChI is InChI=1S/C24H23FN4O6/c1-12-18(21(30)28(5)35-12)13-7-8-15(26-11-13)16-9-14-10-17(25)27-19(22(31)33-6)20(14)29(16)23(32)34-24(2,3)4/h7-11H,1-6H3. The summed E-state index contributed by atoms with van der Waals surface area (Å²) >= 11 is 0. The molecule has 10 nitrogen and oxygen atoms in total. The highest BCUT2D eigenvalue weighted by molar-refractivity contribution is 6.06. The predicted molar refractivity (Wildman–Crippen MR) is 124 cm³/mol. The van der Waals surface area contributed by atoms with Crippen LogP contribution in [0, 0.1) is 12.9 Å². The summed E-state index contributed by atoms with van der Waals surface area (Å²) in [4.78, 5) is 46.1. The Morgan fingerprint density at radius 2 is 1.89 bits per heavy atom. The first-order chi connectivity index (χ1) is 16.4. The fourth-order valence-corrected chi connectivity index (χ4v) is 3.75. The molecule has 4 heterocycles. The van der Waals surface area contributed by atoms with Gasteiger partial charge in [0.25, 0.3) is 5.56 Å². The number of fused-ring (bicyclic) bond motifs is 1. The fraction of sp³-hybridized carbons (Fsp3) is 0.292. The third kappa shape index (κ3) is 4.32. The van der Waals surface area contributed by atoms with Crippen LogP contribution in [0.4, 0.5) is 9.18 Å². The Hall–Kier alpha value is -4.28. The zero-order valence-electron chi connectivity index (χ0n) is 20.0. The third-order valence-corrected chi connectivity index (χ3v) is 5.14. The molecule has 4 rings (SSSR count). The van der Waals surface area contributed by atoms with Gasteiger partial charge in [-0.05, 0) is 39.8 Å². The summed E-state index contributed by atoms with van der Waals surface area (Å²) in [5.74, 6) is -1.40. The lowest BCUT2D eigenvalue weighted by Gasteiger charge is -2.21. The van der Waals surface area contributed by atoms with E-state index in [9.17, 15) is 18.8 Å². The van der Waals surface area contributed by atoms with Gasteiger partial charge in [-0.3, -0.25) is 9.78 Å². The zero-order valence-corrected chi connectivity index (χ0v) is 20.0. The van der Waals surface area contributed by atoms with Crippen LogP contribution in [0.1, 0.15) is 37.0 Å². The van der Waals surface area contributed by atoms with Crippen LogP contribution in [0.2, 0.25) is 0 Å². The minimum absolute atomic E-state index is 0.0212. The first-order valence-electron chi connectivity index (χ1n) is 10.6. The molecule has 0 aliphatic carbocycles. The van der Waals surface area contributed by atoms with Gasteiger partial charge >= 0.3 is 12.1 Å². The van der Waals surface area contributed by atoms with Crippen LogP contribution in [0.25, 0.3) is 33.4 Å². The maximum absolute atomic E-state index is 14.2. The van der Waals surface area contributed by atoms with Crippen molar-refractivity contribution < 1.29 is 28.0 Å². The van der Waals surface area contributed by atoms with Crippen LogP contribution >= 0.6 is 0 Å². The van der Waals surface area contributed by atoms with Gasteiger partial charge < -0.3 is 14.0 Å². The van der Waals surface area contributed by atoms with E-state index >= 15 is 0 Å².